The van der Waals surface area contributed by atoms with Gasteiger partial charge in [-0.15, -0.1) is 0 Å². The van der Waals surface area contributed by atoms with E-state index in [1.165, 1.54) is 45.6 Å². The zero-order valence-electron chi connectivity index (χ0n) is 38.4. The van der Waals surface area contributed by atoms with Gasteiger partial charge in [-0.25, -0.2) is 4.79 Å². The van der Waals surface area contributed by atoms with E-state index in [1.54, 1.807) is 45.6 Å². The van der Waals surface area contributed by atoms with E-state index in [2.05, 4.69) is 30.9 Å². The molecular formula is C50H77NO11. The fourth-order valence-corrected chi connectivity index (χ4v) is 14.7. The number of methoxy groups -OCH3 is 4. The maximum absolute atomic E-state index is 14.6. The van der Waals surface area contributed by atoms with Crippen molar-refractivity contribution in [3.63, 3.8) is 0 Å². The molecule has 62 heavy (non-hydrogen) atoms. The van der Waals surface area contributed by atoms with E-state index in [1.807, 2.05) is 6.07 Å². The maximum Gasteiger partial charge on any atom is 0.338 e. The van der Waals surface area contributed by atoms with Crippen LogP contribution in [0.5, 0.6) is 0 Å². The number of hydrogen-bond acceptors (Lipinski definition) is 12. The van der Waals surface area contributed by atoms with Crippen LogP contribution in [0.4, 0.5) is 0 Å². The highest BCUT2D eigenvalue weighted by Crippen LogP contribution is 2.80. The van der Waals surface area contributed by atoms with Crippen LogP contribution in [0.3, 0.4) is 0 Å². The number of ether oxygens (including phenoxy) is 6. The number of aliphatic hydroxyl groups excluding tert-OH is 2. The van der Waals surface area contributed by atoms with Crippen molar-refractivity contribution in [3.05, 3.63) is 48.0 Å². The highest BCUT2D eigenvalue weighted by atomic mass is 16.6. The van der Waals surface area contributed by atoms with Crippen LogP contribution in [0, 0.1) is 34.5 Å². The molecule has 1 heterocycles. The Morgan fingerprint density at radius 1 is 0.823 bits per heavy atom. The molecule has 1 aromatic carbocycles. The number of hydrogen-bond donors (Lipinski definition) is 3. The van der Waals surface area contributed by atoms with Gasteiger partial charge >= 0.3 is 11.9 Å². The molecule has 0 unspecified atom stereocenters. The number of unbranched alkanes of at least 4 members (excludes halogenated alkanes) is 11. The van der Waals surface area contributed by atoms with Crippen molar-refractivity contribution in [2.75, 3.05) is 48.1 Å². The first-order valence-corrected chi connectivity index (χ1v) is 24.1. The SMILES string of the molecule is CCCCCCCC/C=C/CCCCCCCC(=O)O[C@]12[C@H]3[C@@H](OC(=O)c4ccccc4)[C@](O)(C[C@H]3[C@@]34[C@@H](OC)C[C@@H](O)[C@@]5(COC)CN(CC)[C@@H]3[C@@H]1[C@H](OC)[C@H]54)[C@@H](OC)[C@@H]2O. The fraction of sp³-hybridized carbons (Fsp3) is 0.800. The van der Waals surface area contributed by atoms with Gasteiger partial charge in [0.1, 0.15) is 23.9 Å². The van der Waals surface area contributed by atoms with Crippen molar-refractivity contribution in [2.45, 2.75) is 170 Å². The molecule has 7 rings (SSSR count). The average Bonchev–Trinajstić information content (AvgIpc) is 3.65. The van der Waals surface area contributed by atoms with Crippen LogP contribution in [0.25, 0.3) is 0 Å². The summed E-state index contributed by atoms with van der Waals surface area (Å²) in [4.78, 5) is 31.0. The van der Waals surface area contributed by atoms with Crippen LogP contribution >= 0.6 is 0 Å². The minimum absolute atomic E-state index is 0.0836. The molecule has 1 aliphatic heterocycles. The highest BCUT2D eigenvalue weighted by molar-refractivity contribution is 5.89. The third kappa shape index (κ3) is 7.62. The smallest absolute Gasteiger partial charge is 0.338 e. The van der Waals surface area contributed by atoms with Crippen LogP contribution in [0.1, 0.15) is 127 Å². The van der Waals surface area contributed by atoms with E-state index in [4.69, 9.17) is 28.4 Å². The van der Waals surface area contributed by atoms with E-state index in [-0.39, 0.29) is 31.4 Å². The van der Waals surface area contributed by atoms with E-state index in [0.717, 1.165) is 38.5 Å². The number of nitrogens with zero attached hydrogens (tertiary/aromatic N) is 1. The van der Waals surface area contributed by atoms with Crippen LogP contribution in [-0.2, 0) is 33.2 Å². The van der Waals surface area contributed by atoms with Gasteiger partial charge in [-0.3, -0.25) is 9.69 Å². The van der Waals surface area contributed by atoms with Crippen LogP contribution in [0.2, 0.25) is 0 Å². The second-order valence-electron chi connectivity index (χ2n) is 19.6. The van der Waals surface area contributed by atoms with E-state index in [9.17, 15) is 24.9 Å². The summed E-state index contributed by atoms with van der Waals surface area (Å²) in [5.41, 5.74) is -4.85. The molecule has 6 fully saturated rings. The Bertz CT molecular complexity index is 1680. The molecule has 15 atom stereocenters. The number of esters is 2. The van der Waals surface area contributed by atoms with Gasteiger partial charge in [0.15, 0.2) is 5.60 Å². The summed E-state index contributed by atoms with van der Waals surface area (Å²) in [6, 6.07) is 8.31. The Kier molecular flexibility index (Phi) is 15.3. The third-order valence-corrected chi connectivity index (χ3v) is 16.8. The van der Waals surface area contributed by atoms with Gasteiger partial charge in [0.05, 0.1) is 30.5 Å². The number of rotatable bonds is 24. The van der Waals surface area contributed by atoms with Crippen molar-refractivity contribution >= 4 is 11.9 Å². The minimum Gasteiger partial charge on any atom is -0.455 e. The van der Waals surface area contributed by atoms with Gasteiger partial charge in [-0.05, 0) is 63.1 Å². The third-order valence-electron chi connectivity index (χ3n) is 16.8. The van der Waals surface area contributed by atoms with Gasteiger partial charge in [-0.1, -0.05) is 95.6 Å². The second-order valence-corrected chi connectivity index (χ2v) is 19.6. The van der Waals surface area contributed by atoms with Gasteiger partial charge in [0.2, 0.25) is 0 Å². The lowest BCUT2D eigenvalue weighted by molar-refractivity contribution is -0.323. The molecule has 0 aromatic heterocycles. The number of carbonyl (C=O) groups excluding carboxylic acids is 2. The van der Waals surface area contributed by atoms with Gasteiger partial charge < -0.3 is 43.7 Å². The summed E-state index contributed by atoms with van der Waals surface area (Å²) >= 11 is 0. The van der Waals surface area contributed by atoms with Gasteiger partial charge in [0, 0.05) is 82.5 Å². The predicted molar refractivity (Wildman–Crippen MR) is 234 cm³/mol. The van der Waals surface area contributed by atoms with Gasteiger partial charge in [-0.2, -0.15) is 0 Å². The number of aliphatic hydroxyl groups is 3. The highest BCUT2D eigenvalue weighted by Gasteiger charge is 2.92. The van der Waals surface area contributed by atoms with Gasteiger partial charge in [0.25, 0.3) is 0 Å². The Balaban J connectivity index is 1.19. The molecule has 0 amide bonds. The zero-order chi connectivity index (χ0) is 44.3. The molecule has 0 radical (unpaired) electrons. The van der Waals surface area contributed by atoms with E-state index in [0.29, 0.717) is 31.5 Å². The van der Waals surface area contributed by atoms with E-state index >= 15 is 0 Å². The predicted octanol–water partition coefficient (Wildman–Crippen LogP) is 6.67. The van der Waals surface area contributed by atoms with Crippen molar-refractivity contribution in [2.24, 2.45) is 34.5 Å². The average molecular weight is 868 g/mol. The Morgan fingerprint density at radius 2 is 1.48 bits per heavy atom. The molecule has 12 heteroatoms. The molecule has 6 aliphatic rings. The molecule has 1 spiro atoms. The number of piperidine rings is 1. The summed E-state index contributed by atoms with van der Waals surface area (Å²) < 4.78 is 38.7. The quantitative estimate of drug-likeness (QED) is 0.0579. The van der Waals surface area contributed by atoms with E-state index < -0.39 is 88.3 Å². The molecule has 5 aliphatic carbocycles. The van der Waals surface area contributed by atoms with Crippen LogP contribution in [0.15, 0.2) is 42.5 Å². The number of fused-ring (bicyclic) bond motifs is 2. The summed E-state index contributed by atoms with van der Waals surface area (Å²) in [7, 11) is 6.41. The Labute approximate surface area is 370 Å². The lowest BCUT2D eigenvalue weighted by atomic mass is 9.42. The number of carbonyl (C=O) groups is 2. The summed E-state index contributed by atoms with van der Waals surface area (Å²) in [5, 5.41) is 38.4. The Hall–Kier alpha value is -2.42. The topological polar surface area (TPSA) is 153 Å². The van der Waals surface area contributed by atoms with Crippen molar-refractivity contribution < 1.29 is 53.3 Å². The normalized spacial score (nSPS) is 40.2. The molecule has 5 saturated carbocycles. The first-order valence-electron chi connectivity index (χ1n) is 24.1. The lowest BCUT2D eigenvalue weighted by Crippen LogP contribution is -2.81. The van der Waals surface area contributed by atoms with Crippen molar-refractivity contribution in [3.8, 4) is 0 Å². The summed E-state index contributed by atoms with van der Waals surface area (Å²) in [6.45, 7) is 5.67. The summed E-state index contributed by atoms with van der Waals surface area (Å²) in [5.74, 6) is -3.50. The zero-order valence-corrected chi connectivity index (χ0v) is 38.4. The molecule has 3 N–H and O–H groups in total. The largest absolute Gasteiger partial charge is 0.455 e. The van der Waals surface area contributed by atoms with Crippen LogP contribution < -0.4 is 0 Å². The molecule has 7 bridgehead atoms. The molecule has 1 saturated heterocycles. The summed E-state index contributed by atoms with van der Waals surface area (Å²) in [6.07, 6.45) is 14.0. The maximum atomic E-state index is 14.6. The molecule has 348 valence electrons. The minimum atomic E-state index is -1.85. The van der Waals surface area contributed by atoms with Crippen molar-refractivity contribution in [1.82, 2.24) is 4.90 Å². The number of likely N-dealkylation sites (tertiary alicyclic amines) is 1. The monoisotopic (exact) mass is 868 g/mol. The Morgan fingerprint density at radius 3 is 2.10 bits per heavy atom. The standard InChI is InChI=1S/C50H77NO11/c1-7-9-10-11-12-13-14-15-16-17-18-19-20-21-25-28-37(53)62-50-38-34(30-48(56,45(60-6)43(50)54)44(38)61-46(55)33-26-23-22-24-27-33)49-36(58-4)29-35(52)47(32-57-3)31-51(8-2)42(49)39(50)40(59-5)41(47)49/h15-16,22-24,26-27,34-36,38-45,52,54,56H,7-14,17-21,25,28-32H2,1-6H3/b16-15+/t34-,35-,36+,38-,39+,40+,41-,42-,43+,44-,45+,47+,48-,49+,50-/m1/s1. The first kappa shape index (κ1) is 47.5. The number of benzene rings is 1. The van der Waals surface area contributed by atoms with Crippen molar-refractivity contribution in [1.29, 1.82) is 0 Å². The van der Waals surface area contributed by atoms with Crippen LogP contribution in [-0.4, -0.2) is 134 Å². The lowest BCUT2D eigenvalue weighted by Gasteiger charge is -2.70. The first-order chi connectivity index (χ1) is 30.0. The fourth-order valence-electron chi connectivity index (χ4n) is 14.7. The number of allylic oxidation sites excluding steroid dienone is 2. The molecule has 1 aromatic rings. The molecule has 12 nitrogen and oxygen atoms in total. The second kappa shape index (κ2) is 20.0. The molecular weight excluding hydrogens is 791 g/mol.